The minimum Gasteiger partial charge on any atom is -0.480 e. The zero-order valence-corrected chi connectivity index (χ0v) is 16.4. The number of carboxylic acids is 1. The number of carboxylic acid groups (broad SMARTS) is 1. The Hall–Kier alpha value is -2.76. The second-order valence-electron chi connectivity index (χ2n) is 6.73. The van der Waals surface area contributed by atoms with E-state index in [1.807, 2.05) is 54.6 Å². The molecule has 0 saturated heterocycles. The highest BCUT2D eigenvalue weighted by molar-refractivity contribution is 7.52. The smallest absolute Gasteiger partial charge is 0.346 e. The fourth-order valence-corrected chi connectivity index (χ4v) is 4.07. The van der Waals surface area contributed by atoms with Gasteiger partial charge >= 0.3 is 13.6 Å². The topological polar surface area (TPSA) is 107 Å². The SMILES string of the molecule is O=C(O)[C@H](Cc1ccc(-c2ccccc2)cc1)NC(c1ccccc1)P(=O)(O)O. The van der Waals surface area contributed by atoms with Gasteiger partial charge < -0.3 is 14.9 Å². The van der Waals surface area contributed by atoms with Crippen molar-refractivity contribution in [2.24, 2.45) is 0 Å². The largest absolute Gasteiger partial charge is 0.480 e. The van der Waals surface area contributed by atoms with Crippen LogP contribution in [0.1, 0.15) is 16.9 Å². The molecule has 0 aliphatic rings. The number of carbonyl (C=O) groups is 1. The highest BCUT2D eigenvalue weighted by Crippen LogP contribution is 2.50. The van der Waals surface area contributed by atoms with E-state index < -0.39 is 25.4 Å². The lowest BCUT2D eigenvalue weighted by Crippen LogP contribution is -2.40. The van der Waals surface area contributed by atoms with Gasteiger partial charge in [-0.15, -0.1) is 0 Å². The van der Waals surface area contributed by atoms with Gasteiger partial charge in [0.2, 0.25) is 0 Å². The maximum atomic E-state index is 12.0. The van der Waals surface area contributed by atoms with Crippen LogP contribution in [0.2, 0.25) is 0 Å². The van der Waals surface area contributed by atoms with Crippen LogP contribution in [0, 0.1) is 0 Å². The van der Waals surface area contributed by atoms with Crippen molar-refractivity contribution in [3.63, 3.8) is 0 Å². The van der Waals surface area contributed by atoms with E-state index in [4.69, 9.17) is 0 Å². The van der Waals surface area contributed by atoms with Gasteiger partial charge in [0.05, 0.1) is 0 Å². The van der Waals surface area contributed by atoms with Crippen LogP contribution in [-0.4, -0.2) is 26.9 Å². The first-order valence-corrected chi connectivity index (χ1v) is 10.8. The van der Waals surface area contributed by atoms with E-state index in [2.05, 4.69) is 5.32 Å². The summed E-state index contributed by atoms with van der Waals surface area (Å²) in [4.78, 5) is 31.3. The predicted molar refractivity (Wildman–Crippen MR) is 111 cm³/mol. The predicted octanol–water partition coefficient (Wildman–Crippen LogP) is 3.82. The summed E-state index contributed by atoms with van der Waals surface area (Å²) >= 11 is 0. The summed E-state index contributed by atoms with van der Waals surface area (Å²) in [6, 6.07) is 24.3. The van der Waals surface area contributed by atoms with Crippen LogP contribution < -0.4 is 5.32 Å². The molecule has 0 heterocycles. The molecule has 0 spiro atoms. The highest BCUT2D eigenvalue weighted by Gasteiger charge is 2.34. The summed E-state index contributed by atoms with van der Waals surface area (Å²) in [5.41, 5.74) is 3.15. The van der Waals surface area contributed by atoms with Crippen LogP contribution in [0.5, 0.6) is 0 Å². The summed E-state index contributed by atoms with van der Waals surface area (Å²) in [5.74, 6) is -2.57. The van der Waals surface area contributed by atoms with E-state index in [-0.39, 0.29) is 6.42 Å². The van der Waals surface area contributed by atoms with E-state index in [1.54, 1.807) is 30.3 Å². The summed E-state index contributed by atoms with van der Waals surface area (Å²) in [5, 5.41) is 12.3. The first-order valence-electron chi connectivity index (χ1n) is 9.08. The summed E-state index contributed by atoms with van der Waals surface area (Å²) in [6.07, 6.45) is 0.0910. The third-order valence-corrected chi connectivity index (χ3v) is 5.73. The van der Waals surface area contributed by atoms with Crippen molar-refractivity contribution in [2.45, 2.75) is 18.2 Å². The molecule has 0 radical (unpaired) electrons. The minimum atomic E-state index is -4.62. The summed E-state index contributed by atoms with van der Waals surface area (Å²) in [6.45, 7) is 0. The fraction of sp³-hybridized carbons (Fsp3) is 0.136. The molecule has 3 aromatic rings. The molecule has 4 N–H and O–H groups in total. The Morgan fingerprint density at radius 3 is 1.86 bits per heavy atom. The number of rotatable bonds is 8. The molecule has 150 valence electrons. The Kier molecular flexibility index (Phi) is 6.62. The molecule has 2 atom stereocenters. The Morgan fingerprint density at radius 2 is 1.34 bits per heavy atom. The van der Waals surface area contributed by atoms with Crippen LogP contribution in [0.25, 0.3) is 11.1 Å². The zero-order chi connectivity index (χ0) is 20.9. The van der Waals surface area contributed by atoms with Gasteiger partial charge in [-0.2, -0.15) is 0 Å². The van der Waals surface area contributed by atoms with E-state index in [1.165, 1.54) is 0 Å². The lowest BCUT2D eigenvalue weighted by molar-refractivity contribution is -0.139. The van der Waals surface area contributed by atoms with Gasteiger partial charge in [-0.25, -0.2) is 0 Å². The van der Waals surface area contributed by atoms with Crippen LogP contribution >= 0.6 is 7.60 Å². The normalized spacial score (nSPS) is 13.6. The number of benzene rings is 3. The third-order valence-electron chi connectivity index (χ3n) is 4.61. The highest BCUT2D eigenvalue weighted by atomic mass is 31.2. The van der Waals surface area contributed by atoms with E-state index in [9.17, 15) is 24.3 Å². The van der Waals surface area contributed by atoms with E-state index >= 15 is 0 Å². The molecule has 0 fully saturated rings. The number of hydrogen-bond acceptors (Lipinski definition) is 3. The van der Waals surface area contributed by atoms with Crippen molar-refractivity contribution < 1.29 is 24.3 Å². The molecule has 0 aliphatic carbocycles. The van der Waals surface area contributed by atoms with Gasteiger partial charge in [-0.1, -0.05) is 84.9 Å². The Bertz CT molecular complexity index is 987. The molecule has 0 bridgehead atoms. The third kappa shape index (κ3) is 5.62. The Labute approximate surface area is 169 Å². The van der Waals surface area contributed by atoms with Gasteiger partial charge in [0.25, 0.3) is 0 Å². The molecule has 3 aromatic carbocycles. The van der Waals surface area contributed by atoms with Gasteiger partial charge in [-0.3, -0.25) is 14.7 Å². The van der Waals surface area contributed by atoms with Crippen molar-refractivity contribution in [3.8, 4) is 11.1 Å². The maximum Gasteiger partial charge on any atom is 0.346 e. The Morgan fingerprint density at radius 1 is 0.828 bits per heavy atom. The molecular weight excluding hydrogens is 389 g/mol. The lowest BCUT2D eigenvalue weighted by atomic mass is 10.0. The molecule has 0 saturated carbocycles. The Balaban J connectivity index is 1.79. The molecule has 0 aliphatic heterocycles. The molecule has 1 unspecified atom stereocenters. The second-order valence-corrected chi connectivity index (χ2v) is 8.42. The van der Waals surface area contributed by atoms with Crippen LogP contribution in [0.4, 0.5) is 0 Å². The summed E-state index contributed by atoms with van der Waals surface area (Å²) < 4.78 is 12.0. The molecular formula is C22H22NO5P. The molecule has 0 aromatic heterocycles. The molecule has 29 heavy (non-hydrogen) atoms. The number of aliphatic carboxylic acids is 1. The molecule has 0 amide bonds. The average molecular weight is 411 g/mol. The van der Waals surface area contributed by atoms with E-state index in [0.717, 1.165) is 16.7 Å². The fourth-order valence-electron chi connectivity index (χ4n) is 3.13. The minimum absolute atomic E-state index is 0.0910. The molecule has 6 nitrogen and oxygen atoms in total. The van der Waals surface area contributed by atoms with Gasteiger partial charge in [0, 0.05) is 0 Å². The standard InChI is InChI=1S/C22H22NO5P/c24-22(25)20(23-21(29(26,27)28)19-9-5-2-6-10-19)15-16-11-13-18(14-12-16)17-7-3-1-4-8-17/h1-14,20-21,23H,15H2,(H,24,25)(H2,26,27,28)/t20-,21?/m0/s1. The van der Waals surface area contributed by atoms with Gasteiger partial charge in [0.15, 0.2) is 0 Å². The van der Waals surface area contributed by atoms with Crippen LogP contribution in [0.3, 0.4) is 0 Å². The zero-order valence-electron chi connectivity index (χ0n) is 15.6. The van der Waals surface area contributed by atoms with E-state index in [0.29, 0.717) is 5.56 Å². The second kappa shape index (κ2) is 9.16. The van der Waals surface area contributed by atoms with Crippen molar-refractivity contribution in [3.05, 3.63) is 96.1 Å². The summed E-state index contributed by atoms with van der Waals surface area (Å²) in [7, 11) is -4.62. The first-order chi connectivity index (χ1) is 13.8. The lowest BCUT2D eigenvalue weighted by Gasteiger charge is -2.24. The molecule has 3 rings (SSSR count). The van der Waals surface area contributed by atoms with Crippen LogP contribution in [-0.2, 0) is 15.8 Å². The van der Waals surface area contributed by atoms with Gasteiger partial charge in [-0.05, 0) is 28.7 Å². The van der Waals surface area contributed by atoms with Crippen molar-refractivity contribution in [1.29, 1.82) is 0 Å². The quantitative estimate of drug-likeness (QED) is 0.420. The van der Waals surface area contributed by atoms with Crippen molar-refractivity contribution in [2.75, 3.05) is 0 Å². The maximum absolute atomic E-state index is 12.0. The molecule has 7 heteroatoms. The van der Waals surface area contributed by atoms with Crippen molar-refractivity contribution in [1.82, 2.24) is 5.32 Å². The van der Waals surface area contributed by atoms with Crippen LogP contribution in [0.15, 0.2) is 84.9 Å². The van der Waals surface area contributed by atoms with Crippen molar-refractivity contribution >= 4 is 13.6 Å². The number of nitrogens with one attached hydrogen (secondary N) is 1. The monoisotopic (exact) mass is 411 g/mol. The number of hydrogen-bond donors (Lipinski definition) is 4. The first kappa shape index (κ1) is 21.0. The average Bonchev–Trinajstić information content (AvgIpc) is 2.71. The van der Waals surface area contributed by atoms with Gasteiger partial charge in [0.1, 0.15) is 11.8 Å².